The normalized spacial score (nSPS) is 10.7. The van der Waals surface area contributed by atoms with Gasteiger partial charge in [-0.05, 0) is 24.7 Å². The molecule has 0 aliphatic carbocycles. The van der Waals surface area contributed by atoms with Crippen molar-refractivity contribution in [1.82, 2.24) is 10.2 Å². The molecule has 0 amide bonds. The summed E-state index contributed by atoms with van der Waals surface area (Å²) in [7, 11) is 2.11. The first-order valence-corrected chi connectivity index (χ1v) is 5.84. The summed E-state index contributed by atoms with van der Waals surface area (Å²) in [5.74, 6) is 0. The van der Waals surface area contributed by atoms with E-state index in [-0.39, 0.29) is 0 Å². The second kappa shape index (κ2) is 7.20. The minimum atomic E-state index is 0.930. The van der Waals surface area contributed by atoms with Gasteiger partial charge < -0.3 is 5.32 Å². The van der Waals surface area contributed by atoms with Crippen molar-refractivity contribution in [3.8, 4) is 0 Å². The van der Waals surface area contributed by atoms with E-state index in [1.807, 2.05) is 6.08 Å². The molecule has 0 unspecified atom stereocenters. The Morgan fingerprint density at radius 1 is 1.25 bits per heavy atom. The summed E-state index contributed by atoms with van der Waals surface area (Å²) < 4.78 is 0. The molecule has 1 aromatic rings. The first-order valence-electron chi connectivity index (χ1n) is 5.84. The summed E-state index contributed by atoms with van der Waals surface area (Å²) in [5, 5.41) is 3.32. The first kappa shape index (κ1) is 12.9. The number of nitrogens with zero attached hydrogens (tertiary/aromatic N) is 1. The van der Waals surface area contributed by atoms with Gasteiger partial charge in [0.05, 0.1) is 0 Å². The van der Waals surface area contributed by atoms with Crippen LogP contribution in [0.2, 0.25) is 0 Å². The van der Waals surface area contributed by atoms with Gasteiger partial charge in [-0.3, -0.25) is 4.90 Å². The average molecular weight is 218 g/mol. The van der Waals surface area contributed by atoms with Crippen LogP contribution < -0.4 is 5.32 Å². The van der Waals surface area contributed by atoms with E-state index in [1.54, 1.807) is 0 Å². The lowest BCUT2D eigenvalue weighted by molar-refractivity contribution is 0.363. The first-order chi connectivity index (χ1) is 7.76. The molecule has 0 atom stereocenters. The minimum absolute atomic E-state index is 0.930. The van der Waals surface area contributed by atoms with Crippen LogP contribution in [0.15, 0.2) is 36.9 Å². The van der Waals surface area contributed by atoms with E-state index in [0.29, 0.717) is 0 Å². The van der Waals surface area contributed by atoms with Crippen molar-refractivity contribution in [2.24, 2.45) is 0 Å². The highest BCUT2D eigenvalue weighted by atomic mass is 15.1. The molecule has 0 aromatic heterocycles. The monoisotopic (exact) mass is 218 g/mol. The van der Waals surface area contributed by atoms with Gasteiger partial charge in [0.15, 0.2) is 0 Å². The number of rotatable bonds is 7. The SMILES string of the molecule is C=CCN(C)Cc1ccc(CNCC)cc1. The summed E-state index contributed by atoms with van der Waals surface area (Å²) in [6, 6.07) is 8.79. The molecule has 1 aromatic carbocycles. The van der Waals surface area contributed by atoms with E-state index in [0.717, 1.165) is 26.2 Å². The third kappa shape index (κ3) is 4.60. The lowest BCUT2D eigenvalue weighted by Crippen LogP contribution is -2.17. The molecule has 88 valence electrons. The van der Waals surface area contributed by atoms with Crippen LogP contribution in [0.25, 0.3) is 0 Å². The molecule has 0 saturated heterocycles. The van der Waals surface area contributed by atoms with Crippen molar-refractivity contribution in [3.63, 3.8) is 0 Å². The van der Waals surface area contributed by atoms with E-state index in [1.165, 1.54) is 11.1 Å². The van der Waals surface area contributed by atoms with Crippen molar-refractivity contribution >= 4 is 0 Å². The molecule has 0 aliphatic heterocycles. The summed E-state index contributed by atoms with van der Waals surface area (Å²) in [5.41, 5.74) is 2.70. The quantitative estimate of drug-likeness (QED) is 0.707. The number of nitrogens with one attached hydrogen (secondary N) is 1. The Kier molecular flexibility index (Phi) is 5.83. The molecule has 0 spiro atoms. The van der Waals surface area contributed by atoms with E-state index < -0.39 is 0 Å². The van der Waals surface area contributed by atoms with E-state index in [2.05, 4.69) is 55.0 Å². The Balaban J connectivity index is 2.47. The zero-order valence-electron chi connectivity index (χ0n) is 10.4. The topological polar surface area (TPSA) is 15.3 Å². The molecule has 0 aliphatic rings. The average Bonchev–Trinajstić information content (AvgIpc) is 2.28. The Hall–Kier alpha value is -1.12. The maximum atomic E-state index is 3.74. The third-order valence-electron chi connectivity index (χ3n) is 2.50. The lowest BCUT2D eigenvalue weighted by atomic mass is 10.1. The Morgan fingerprint density at radius 2 is 1.88 bits per heavy atom. The van der Waals surface area contributed by atoms with Crippen LogP contribution in [0.5, 0.6) is 0 Å². The fourth-order valence-electron chi connectivity index (χ4n) is 1.63. The van der Waals surface area contributed by atoms with Gasteiger partial charge in [-0.15, -0.1) is 6.58 Å². The summed E-state index contributed by atoms with van der Waals surface area (Å²) in [6.07, 6.45) is 1.93. The fraction of sp³-hybridized carbons (Fsp3) is 0.429. The van der Waals surface area contributed by atoms with Crippen LogP contribution in [0.1, 0.15) is 18.1 Å². The zero-order valence-corrected chi connectivity index (χ0v) is 10.4. The summed E-state index contributed by atoms with van der Waals surface area (Å²) >= 11 is 0. The standard InChI is InChI=1S/C14H22N2/c1-4-10-16(3)12-14-8-6-13(7-9-14)11-15-5-2/h4,6-9,15H,1,5,10-12H2,2-3H3. The van der Waals surface area contributed by atoms with Crippen LogP contribution >= 0.6 is 0 Å². The molecule has 1 N–H and O–H groups in total. The van der Waals surface area contributed by atoms with Gasteiger partial charge in [0.25, 0.3) is 0 Å². The number of hydrogen-bond acceptors (Lipinski definition) is 2. The molecule has 0 fully saturated rings. The van der Waals surface area contributed by atoms with Crippen LogP contribution in [0.3, 0.4) is 0 Å². The molecule has 0 bridgehead atoms. The second-order valence-electron chi connectivity index (χ2n) is 4.08. The maximum Gasteiger partial charge on any atom is 0.0233 e. The largest absolute Gasteiger partial charge is 0.313 e. The van der Waals surface area contributed by atoms with Gasteiger partial charge in [0.2, 0.25) is 0 Å². The van der Waals surface area contributed by atoms with E-state index >= 15 is 0 Å². The van der Waals surface area contributed by atoms with Crippen molar-refractivity contribution in [1.29, 1.82) is 0 Å². The molecule has 1 rings (SSSR count). The number of likely N-dealkylation sites (N-methyl/N-ethyl adjacent to an activating group) is 1. The van der Waals surface area contributed by atoms with Gasteiger partial charge in [0.1, 0.15) is 0 Å². The summed E-state index contributed by atoms with van der Waals surface area (Å²) in [6.45, 7) is 9.75. The zero-order chi connectivity index (χ0) is 11.8. The van der Waals surface area contributed by atoms with Gasteiger partial charge in [-0.1, -0.05) is 37.3 Å². The molecule has 2 nitrogen and oxygen atoms in total. The van der Waals surface area contributed by atoms with Crippen LogP contribution in [0.4, 0.5) is 0 Å². The van der Waals surface area contributed by atoms with Crippen LogP contribution in [-0.2, 0) is 13.1 Å². The van der Waals surface area contributed by atoms with Crippen molar-refractivity contribution in [2.45, 2.75) is 20.0 Å². The Morgan fingerprint density at radius 3 is 2.44 bits per heavy atom. The predicted octanol–water partition coefficient (Wildman–Crippen LogP) is 2.41. The van der Waals surface area contributed by atoms with Gasteiger partial charge in [-0.2, -0.15) is 0 Å². The highest BCUT2D eigenvalue weighted by Crippen LogP contribution is 2.06. The smallest absolute Gasteiger partial charge is 0.0233 e. The second-order valence-corrected chi connectivity index (χ2v) is 4.08. The number of benzene rings is 1. The van der Waals surface area contributed by atoms with Crippen molar-refractivity contribution in [2.75, 3.05) is 20.1 Å². The molecule has 0 saturated carbocycles. The van der Waals surface area contributed by atoms with E-state index in [9.17, 15) is 0 Å². The Labute approximate surface area is 99.0 Å². The third-order valence-corrected chi connectivity index (χ3v) is 2.50. The van der Waals surface area contributed by atoms with Gasteiger partial charge >= 0.3 is 0 Å². The predicted molar refractivity (Wildman–Crippen MR) is 70.4 cm³/mol. The minimum Gasteiger partial charge on any atom is -0.313 e. The molecule has 0 radical (unpaired) electrons. The molecule has 2 heteroatoms. The highest BCUT2D eigenvalue weighted by molar-refractivity contribution is 5.22. The lowest BCUT2D eigenvalue weighted by Gasteiger charge is -2.14. The number of hydrogen-bond donors (Lipinski definition) is 1. The molecular formula is C14H22N2. The van der Waals surface area contributed by atoms with Crippen molar-refractivity contribution in [3.05, 3.63) is 48.0 Å². The van der Waals surface area contributed by atoms with Gasteiger partial charge in [0, 0.05) is 19.6 Å². The maximum absolute atomic E-state index is 3.74. The summed E-state index contributed by atoms with van der Waals surface area (Å²) in [4.78, 5) is 2.24. The fourth-order valence-corrected chi connectivity index (χ4v) is 1.63. The molecule has 0 heterocycles. The van der Waals surface area contributed by atoms with Gasteiger partial charge in [-0.25, -0.2) is 0 Å². The molecule has 16 heavy (non-hydrogen) atoms. The van der Waals surface area contributed by atoms with Crippen LogP contribution in [-0.4, -0.2) is 25.0 Å². The molecular weight excluding hydrogens is 196 g/mol. The van der Waals surface area contributed by atoms with Crippen LogP contribution in [0, 0.1) is 0 Å². The Bertz CT molecular complexity index is 303. The van der Waals surface area contributed by atoms with Crippen molar-refractivity contribution < 1.29 is 0 Å². The van der Waals surface area contributed by atoms with E-state index in [4.69, 9.17) is 0 Å². The highest BCUT2D eigenvalue weighted by Gasteiger charge is 1.98.